The number of aliphatic hydroxyl groups is 1. The summed E-state index contributed by atoms with van der Waals surface area (Å²) in [5, 5.41) is 11.9. The summed E-state index contributed by atoms with van der Waals surface area (Å²) in [6.07, 6.45) is 3.36. The number of nitrogens with zero attached hydrogens (tertiary/aromatic N) is 3. The SMILES string of the molecule is CC1CC1C(=O)N1CCC(O)(Cn2cnc3cc(Cl)ccc3c2=O)CC1. The third kappa shape index (κ3) is 3.23. The van der Waals surface area contributed by atoms with Gasteiger partial charge in [0.15, 0.2) is 0 Å². The summed E-state index contributed by atoms with van der Waals surface area (Å²) >= 11 is 5.94. The van der Waals surface area contributed by atoms with E-state index in [1.807, 2.05) is 4.90 Å². The number of fused-ring (bicyclic) bond motifs is 1. The zero-order valence-electron chi connectivity index (χ0n) is 14.7. The Kier molecular flexibility index (Phi) is 4.28. The van der Waals surface area contributed by atoms with Crippen molar-refractivity contribution in [2.75, 3.05) is 13.1 Å². The molecular weight excluding hydrogens is 354 g/mol. The molecular formula is C19H22ClN3O3. The van der Waals surface area contributed by atoms with Crippen LogP contribution in [0.15, 0.2) is 29.3 Å². The Morgan fingerprint density at radius 3 is 2.73 bits per heavy atom. The van der Waals surface area contributed by atoms with E-state index in [4.69, 9.17) is 11.6 Å². The van der Waals surface area contributed by atoms with Crippen LogP contribution in [0, 0.1) is 11.8 Å². The minimum atomic E-state index is -1.00. The molecule has 2 aromatic rings. The lowest BCUT2D eigenvalue weighted by atomic mass is 9.91. The van der Waals surface area contributed by atoms with E-state index in [1.54, 1.807) is 18.2 Å². The summed E-state index contributed by atoms with van der Waals surface area (Å²) in [5.74, 6) is 0.861. The van der Waals surface area contributed by atoms with Crippen LogP contribution in [0.1, 0.15) is 26.2 Å². The number of likely N-dealkylation sites (tertiary alicyclic amines) is 1. The maximum Gasteiger partial charge on any atom is 0.261 e. The Balaban J connectivity index is 1.48. The molecule has 1 saturated carbocycles. The number of rotatable bonds is 3. The predicted octanol–water partition coefficient (Wildman–Crippen LogP) is 2.06. The van der Waals surface area contributed by atoms with Crippen molar-refractivity contribution in [2.24, 2.45) is 11.8 Å². The summed E-state index contributed by atoms with van der Waals surface area (Å²) < 4.78 is 1.46. The van der Waals surface area contributed by atoms with Gasteiger partial charge in [-0.05, 0) is 43.4 Å². The monoisotopic (exact) mass is 375 g/mol. The van der Waals surface area contributed by atoms with Gasteiger partial charge in [-0.15, -0.1) is 0 Å². The van der Waals surface area contributed by atoms with Gasteiger partial charge in [-0.3, -0.25) is 14.2 Å². The van der Waals surface area contributed by atoms with Crippen molar-refractivity contribution in [1.82, 2.24) is 14.5 Å². The maximum absolute atomic E-state index is 12.7. The van der Waals surface area contributed by atoms with Crippen molar-refractivity contribution in [3.05, 3.63) is 39.9 Å². The molecule has 1 N–H and O–H groups in total. The van der Waals surface area contributed by atoms with Crippen LogP contribution in [0.2, 0.25) is 5.02 Å². The molecule has 0 bridgehead atoms. The lowest BCUT2D eigenvalue weighted by Crippen LogP contribution is -2.50. The van der Waals surface area contributed by atoms with Gasteiger partial charge in [0.25, 0.3) is 5.56 Å². The minimum Gasteiger partial charge on any atom is -0.388 e. The van der Waals surface area contributed by atoms with Crippen LogP contribution >= 0.6 is 11.6 Å². The highest BCUT2D eigenvalue weighted by Gasteiger charge is 2.43. The second kappa shape index (κ2) is 6.35. The molecule has 2 atom stereocenters. The zero-order valence-corrected chi connectivity index (χ0v) is 15.4. The van der Waals surface area contributed by atoms with E-state index in [0.717, 1.165) is 6.42 Å². The number of carbonyl (C=O) groups excluding carboxylic acids is 1. The topological polar surface area (TPSA) is 75.4 Å². The van der Waals surface area contributed by atoms with Gasteiger partial charge in [-0.1, -0.05) is 18.5 Å². The average molecular weight is 376 g/mol. The standard InChI is InChI=1S/C19H22ClN3O3/c1-12-8-15(12)18(25)22-6-4-19(26,5-7-22)10-23-11-21-16-9-13(20)2-3-14(16)17(23)24/h2-3,9,11-12,15,26H,4-8,10H2,1H3. The second-order valence-corrected chi connectivity index (χ2v) is 8.14. The summed E-state index contributed by atoms with van der Waals surface area (Å²) in [6, 6.07) is 4.97. The molecule has 138 valence electrons. The number of aromatic nitrogens is 2. The fourth-order valence-corrected chi connectivity index (χ4v) is 3.93. The van der Waals surface area contributed by atoms with Crippen molar-refractivity contribution in [3.8, 4) is 0 Å². The van der Waals surface area contributed by atoms with E-state index in [0.29, 0.717) is 47.8 Å². The number of halogens is 1. The molecule has 2 fully saturated rings. The second-order valence-electron chi connectivity index (χ2n) is 7.71. The highest BCUT2D eigenvalue weighted by molar-refractivity contribution is 6.31. The van der Waals surface area contributed by atoms with Crippen LogP contribution in [0.3, 0.4) is 0 Å². The lowest BCUT2D eigenvalue weighted by Gasteiger charge is -2.38. The molecule has 0 radical (unpaired) electrons. The Labute approximate surface area is 156 Å². The molecule has 4 rings (SSSR count). The Hall–Kier alpha value is -1.92. The normalized spacial score (nSPS) is 24.7. The van der Waals surface area contributed by atoms with Crippen molar-refractivity contribution in [3.63, 3.8) is 0 Å². The van der Waals surface area contributed by atoms with Gasteiger partial charge >= 0.3 is 0 Å². The van der Waals surface area contributed by atoms with E-state index >= 15 is 0 Å². The Morgan fingerprint density at radius 1 is 1.38 bits per heavy atom. The first-order valence-corrected chi connectivity index (χ1v) is 9.40. The Morgan fingerprint density at radius 2 is 2.08 bits per heavy atom. The van der Waals surface area contributed by atoms with E-state index in [-0.39, 0.29) is 23.9 Å². The fraction of sp³-hybridized carbons (Fsp3) is 0.526. The fourth-order valence-electron chi connectivity index (χ4n) is 3.76. The number of hydrogen-bond acceptors (Lipinski definition) is 4. The summed E-state index contributed by atoms with van der Waals surface area (Å²) in [6.45, 7) is 3.34. The van der Waals surface area contributed by atoms with Gasteiger partial charge in [-0.25, -0.2) is 4.98 Å². The largest absolute Gasteiger partial charge is 0.388 e. The van der Waals surface area contributed by atoms with Crippen molar-refractivity contribution in [1.29, 1.82) is 0 Å². The number of piperidine rings is 1. The zero-order chi connectivity index (χ0) is 18.5. The van der Waals surface area contributed by atoms with E-state index in [9.17, 15) is 14.7 Å². The quantitative estimate of drug-likeness (QED) is 0.891. The van der Waals surface area contributed by atoms with Crippen LogP contribution in [0.4, 0.5) is 0 Å². The number of carbonyl (C=O) groups is 1. The molecule has 1 aliphatic heterocycles. The van der Waals surface area contributed by atoms with Gasteiger partial charge in [0.05, 0.1) is 29.4 Å². The van der Waals surface area contributed by atoms with Gasteiger partial charge < -0.3 is 10.0 Å². The molecule has 7 heteroatoms. The molecule has 2 unspecified atom stereocenters. The summed E-state index contributed by atoms with van der Waals surface area (Å²) in [4.78, 5) is 31.1. The molecule has 1 aliphatic carbocycles. The molecule has 0 spiro atoms. The van der Waals surface area contributed by atoms with Gasteiger partial charge in [0.1, 0.15) is 0 Å². The van der Waals surface area contributed by atoms with Crippen LogP contribution in [-0.4, -0.2) is 44.2 Å². The highest BCUT2D eigenvalue weighted by atomic mass is 35.5. The smallest absolute Gasteiger partial charge is 0.261 e. The van der Waals surface area contributed by atoms with Crippen LogP contribution in [-0.2, 0) is 11.3 Å². The van der Waals surface area contributed by atoms with Gasteiger partial charge in [0, 0.05) is 24.0 Å². The summed E-state index contributed by atoms with van der Waals surface area (Å²) in [5.41, 5.74) is -0.646. The van der Waals surface area contributed by atoms with Crippen LogP contribution in [0.25, 0.3) is 10.9 Å². The highest BCUT2D eigenvalue weighted by Crippen LogP contribution is 2.40. The first kappa shape index (κ1) is 17.5. The third-order valence-electron chi connectivity index (χ3n) is 5.68. The van der Waals surface area contributed by atoms with Crippen molar-refractivity contribution < 1.29 is 9.90 Å². The molecule has 2 aliphatic rings. The molecule has 1 saturated heterocycles. The third-order valence-corrected chi connectivity index (χ3v) is 5.92. The van der Waals surface area contributed by atoms with Gasteiger partial charge in [0.2, 0.25) is 5.91 Å². The first-order valence-electron chi connectivity index (χ1n) is 9.02. The predicted molar refractivity (Wildman–Crippen MR) is 99.0 cm³/mol. The maximum atomic E-state index is 12.7. The molecule has 1 aromatic heterocycles. The minimum absolute atomic E-state index is 0.167. The molecule has 1 aromatic carbocycles. The van der Waals surface area contributed by atoms with E-state index < -0.39 is 5.60 Å². The van der Waals surface area contributed by atoms with Crippen LogP contribution in [0.5, 0.6) is 0 Å². The molecule has 1 amide bonds. The average Bonchev–Trinajstić information content (AvgIpc) is 3.34. The van der Waals surface area contributed by atoms with E-state index in [1.165, 1.54) is 10.9 Å². The summed E-state index contributed by atoms with van der Waals surface area (Å²) in [7, 11) is 0. The number of benzene rings is 1. The van der Waals surface area contributed by atoms with Crippen molar-refractivity contribution in [2.45, 2.75) is 38.3 Å². The van der Waals surface area contributed by atoms with Crippen molar-refractivity contribution >= 4 is 28.4 Å². The molecule has 26 heavy (non-hydrogen) atoms. The Bertz CT molecular complexity index is 918. The molecule has 2 heterocycles. The van der Waals surface area contributed by atoms with Gasteiger partial charge in [-0.2, -0.15) is 0 Å². The number of hydrogen-bond donors (Lipinski definition) is 1. The number of amides is 1. The van der Waals surface area contributed by atoms with E-state index in [2.05, 4.69) is 11.9 Å². The lowest BCUT2D eigenvalue weighted by molar-refractivity contribution is -0.137. The first-order chi connectivity index (χ1) is 12.4. The molecule has 6 nitrogen and oxygen atoms in total. The van der Waals surface area contributed by atoms with Crippen LogP contribution < -0.4 is 5.56 Å².